The highest BCUT2D eigenvalue weighted by Gasteiger charge is 2.21. The van der Waals surface area contributed by atoms with E-state index in [1.165, 1.54) is 14.2 Å². The van der Waals surface area contributed by atoms with Gasteiger partial charge in [0.2, 0.25) is 17.6 Å². The molecule has 2 amide bonds. The summed E-state index contributed by atoms with van der Waals surface area (Å²) in [6.07, 6.45) is -0.320. The van der Waals surface area contributed by atoms with Crippen molar-refractivity contribution < 1.29 is 33.4 Å². The molecule has 0 spiro atoms. The maximum Gasteiger partial charge on any atom is 0.340 e. The summed E-state index contributed by atoms with van der Waals surface area (Å²) in [5.41, 5.74) is 0.152. The number of carboxylic acid groups (broad SMARTS) is 1. The molecule has 0 radical (unpaired) electrons. The zero-order chi connectivity index (χ0) is 23.3. The summed E-state index contributed by atoms with van der Waals surface area (Å²) in [5.74, 6) is -2.42. The number of rotatable bonds is 9. The second-order valence-corrected chi connectivity index (χ2v) is 7.23. The number of benzene rings is 1. The summed E-state index contributed by atoms with van der Waals surface area (Å²) < 4.78 is 15.9. The number of hydrogen-bond acceptors (Lipinski definition) is 8. The van der Waals surface area contributed by atoms with E-state index < -0.39 is 36.0 Å². The maximum absolute atomic E-state index is 12.5. The van der Waals surface area contributed by atoms with Crippen LogP contribution in [0.25, 0.3) is 11.0 Å². The first-order chi connectivity index (χ1) is 14.6. The van der Waals surface area contributed by atoms with Gasteiger partial charge in [0.05, 0.1) is 44.8 Å². The van der Waals surface area contributed by atoms with E-state index >= 15 is 0 Å². The molecule has 0 saturated heterocycles. The molecule has 31 heavy (non-hydrogen) atoms. The van der Waals surface area contributed by atoms with E-state index in [4.69, 9.17) is 13.9 Å². The summed E-state index contributed by atoms with van der Waals surface area (Å²) in [5, 5.41) is 16.3. The molecule has 0 bridgehead atoms. The molecular formula is C21H25N2O8-. The molecule has 2 N–H and O–H groups in total. The number of hydrogen-bond donors (Lipinski definition) is 2. The standard InChI is InChI=1S/C21H26N2O8/c1-10(2)17(20(26)27)23-16(25)9-22-15(24)8-13-11(3)12-6-7-14(29-4)19(30-5)18(12)31-21(13)28/h6-7,10,17H,8-9H2,1-5H3,(H,22,24)(H,23,25)(H,26,27)/p-1/t17-/m0/s1. The minimum Gasteiger partial charge on any atom is -0.548 e. The van der Waals surface area contributed by atoms with Crippen molar-refractivity contribution in [1.29, 1.82) is 0 Å². The van der Waals surface area contributed by atoms with Gasteiger partial charge in [-0.3, -0.25) is 9.59 Å². The van der Waals surface area contributed by atoms with Gasteiger partial charge >= 0.3 is 5.63 Å². The zero-order valence-corrected chi connectivity index (χ0v) is 18.0. The molecule has 1 aromatic heterocycles. The van der Waals surface area contributed by atoms with Gasteiger partial charge in [-0.1, -0.05) is 13.8 Å². The van der Waals surface area contributed by atoms with Crippen molar-refractivity contribution in [3.8, 4) is 11.5 Å². The summed E-state index contributed by atoms with van der Waals surface area (Å²) in [7, 11) is 2.88. The lowest BCUT2D eigenvalue weighted by atomic mass is 10.0. The highest BCUT2D eigenvalue weighted by molar-refractivity contribution is 5.91. The van der Waals surface area contributed by atoms with Crippen LogP contribution in [0.1, 0.15) is 25.0 Å². The Labute approximate surface area is 178 Å². The van der Waals surface area contributed by atoms with Crippen LogP contribution < -0.4 is 30.8 Å². The van der Waals surface area contributed by atoms with E-state index in [0.717, 1.165) is 0 Å². The molecule has 0 aliphatic carbocycles. The predicted molar refractivity (Wildman–Crippen MR) is 109 cm³/mol. The lowest BCUT2D eigenvalue weighted by Crippen LogP contribution is -2.53. The molecule has 1 atom stereocenters. The number of nitrogens with one attached hydrogen (secondary N) is 2. The molecule has 0 aliphatic rings. The van der Waals surface area contributed by atoms with Crippen molar-refractivity contribution in [2.45, 2.75) is 33.2 Å². The second kappa shape index (κ2) is 9.96. The third-order valence-corrected chi connectivity index (χ3v) is 4.82. The van der Waals surface area contributed by atoms with Gasteiger partial charge in [-0.15, -0.1) is 0 Å². The third kappa shape index (κ3) is 5.33. The number of ether oxygens (including phenoxy) is 2. The van der Waals surface area contributed by atoms with Gasteiger partial charge in [-0.05, 0) is 30.5 Å². The number of carboxylic acids is 1. The van der Waals surface area contributed by atoms with Crippen LogP contribution in [0.4, 0.5) is 0 Å². The molecule has 1 aromatic carbocycles. The van der Waals surface area contributed by atoms with Crippen molar-refractivity contribution in [3.05, 3.63) is 33.7 Å². The number of amides is 2. The molecular weight excluding hydrogens is 408 g/mol. The van der Waals surface area contributed by atoms with Crippen molar-refractivity contribution >= 4 is 28.8 Å². The molecule has 168 valence electrons. The van der Waals surface area contributed by atoms with Gasteiger partial charge in [0, 0.05) is 5.39 Å². The molecule has 1 heterocycles. The van der Waals surface area contributed by atoms with Crippen molar-refractivity contribution in [1.82, 2.24) is 10.6 Å². The highest BCUT2D eigenvalue weighted by Crippen LogP contribution is 2.36. The lowest BCUT2D eigenvalue weighted by molar-refractivity contribution is -0.309. The van der Waals surface area contributed by atoms with E-state index in [1.54, 1.807) is 32.9 Å². The summed E-state index contributed by atoms with van der Waals surface area (Å²) in [6.45, 7) is 4.46. The number of carbonyl (C=O) groups is 3. The van der Waals surface area contributed by atoms with Crippen LogP contribution in [0.5, 0.6) is 11.5 Å². The molecule has 2 rings (SSSR count). The Hall–Kier alpha value is -3.56. The molecule has 2 aromatic rings. The Morgan fingerprint density at radius 2 is 1.81 bits per heavy atom. The van der Waals surface area contributed by atoms with Crippen LogP contribution in [-0.4, -0.2) is 44.6 Å². The largest absolute Gasteiger partial charge is 0.548 e. The van der Waals surface area contributed by atoms with Crippen molar-refractivity contribution in [2.75, 3.05) is 20.8 Å². The van der Waals surface area contributed by atoms with Crippen molar-refractivity contribution in [3.63, 3.8) is 0 Å². The van der Waals surface area contributed by atoms with E-state index in [-0.39, 0.29) is 29.2 Å². The van der Waals surface area contributed by atoms with E-state index in [2.05, 4.69) is 10.6 Å². The molecule has 0 fully saturated rings. The molecule has 0 aliphatic heterocycles. The minimum atomic E-state index is -1.41. The number of fused-ring (bicyclic) bond motifs is 1. The Morgan fingerprint density at radius 1 is 1.13 bits per heavy atom. The highest BCUT2D eigenvalue weighted by atomic mass is 16.5. The first-order valence-corrected chi connectivity index (χ1v) is 9.54. The fourth-order valence-electron chi connectivity index (χ4n) is 3.09. The first-order valence-electron chi connectivity index (χ1n) is 9.54. The zero-order valence-electron chi connectivity index (χ0n) is 18.0. The van der Waals surface area contributed by atoms with E-state index in [1.807, 2.05) is 0 Å². The van der Waals surface area contributed by atoms with Crippen LogP contribution in [0.3, 0.4) is 0 Å². The van der Waals surface area contributed by atoms with Crippen molar-refractivity contribution in [2.24, 2.45) is 5.92 Å². The number of aliphatic carboxylic acids is 1. The number of aryl methyl sites for hydroxylation is 1. The summed E-state index contributed by atoms with van der Waals surface area (Å²) >= 11 is 0. The van der Waals surface area contributed by atoms with Gasteiger partial charge in [0.25, 0.3) is 0 Å². The van der Waals surface area contributed by atoms with Crippen LogP contribution in [0, 0.1) is 12.8 Å². The summed E-state index contributed by atoms with van der Waals surface area (Å²) in [4.78, 5) is 47.8. The third-order valence-electron chi connectivity index (χ3n) is 4.82. The Bertz CT molecular complexity index is 1060. The predicted octanol–water partition coefficient (Wildman–Crippen LogP) is -0.332. The number of methoxy groups -OCH3 is 2. The molecule has 10 heteroatoms. The SMILES string of the molecule is COc1ccc2c(C)c(CC(=O)NCC(=O)N[C@H](C(=O)[O-])C(C)C)c(=O)oc2c1OC. The summed E-state index contributed by atoms with van der Waals surface area (Å²) in [6, 6.07) is 2.17. The second-order valence-electron chi connectivity index (χ2n) is 7.23. The average Bonchev–Trinajstić information content (AvgIpc) is 2.72. The van der Waals surface area contributed by atoms with Crippen LogP contribution in [0.2, 0.25) is 0 Å². The van der Waals surface area contributed by atoms with Gasteiger partial charge in [-0.2, -0.15) is 0 Å². The number of carbonyl (C=O) groups excluding carboxylic acids is 3. The lowest BCUT2D eigenvalue weighted by Gasteiger charge is -2.23. The topological polar surface area (TPSA) is 147 Å². The van der Waals surface area contributed by atoms with Gasteiger partial charge < -0.3 is 34.4 Å². The average molecular weight is 433 g/mol. The molecule has 0 unspecified atom stereocenters. The van der Waals surface area contributed by atoms with Crippen LogP contribution in [-0.2, 0) is 20.8 Å². The smallest absolute Gasteiger partial charge is 0.340 e. The van der Waals surface area contributed by atoms with Gasteiger partial charge in [0.15, 0.2) is 11.3 Å². The first kappa shape index (κ1) is 23.7. The Balaban J connectivity index is 2.16. The normalized spacial score (nSPS) is 11.8. The minimum absolute atomic E-state index is 0.132. The quantitative estimate of drug-likeness (QED) is 0.511. The van der Waals surface area contributed by atoms with Crippen LogP contribution >= 0.6 is 0 Å². The van der Waals surface area contributed by atoms with Crippen LogP contribution in [0.15, 0.2) is 21.3 Å². The van der Waals surface area contributed by atoms with E-state index in [0.29, 0.717) is 16.7 Å². The fraction of sp³-hybridized carbons (Fsp3) is 0.429. The monoisotopic (exact) mass is 433 g/mol. The maximum atomic E-state index is 12.5. The molecule has 10 nitrogen and oxygen atoms in total. The molecule has 0 saturated carbocycles. The van der Waals surface area contributed by atoms with Gasteiger partial charge in [-0.25, -0.2) is 4.79 Å². The van der Waals surface area contributed by atoms with E-state index in [9.17, 15) is 24.3 Å². The Morgan fingerprint density at radius 3 is 2.35 bits per heavy atom. The fourth-order valence-corrected chi connectivity index (χ4v) is 3.09. The van der Waals surface area contributed by atoms with Gasteiger partial charge in [0.1, 0.15) is 0 Å². The Kier molecular flexibility index (Phi) is 7.62.